The summed E-state index contributed by atoms with van der Waals surface area (Å²) in [6.07, 6.45) is -4.17. The van der Waals surface area contributed by atoms with E-state index in [2.05, 4.69) is 10.2 Å². The standard InChI is InChI=1S/C14H17F3N4O2/c1-3-11-8(4-7(2)19-20-11)13(23)21-5-9(12(18)22)10(6-21)14(15,16)17/h4,9-10H,3,5-6H2,1-2H3,(H2,18,22)/t9-,10-/m1/s1. The molecule has 2 rings (SSSR count). The monoisotopic (exact) mass is 330 g/mol. The van der Waals surface area contributed by atoms with Gasteiger partial charge in [-0.05, 0) is 19.4 Å². The molecule has 9 heteroatoms. The molecule has 126 valence electrons. The quantitative estimate of drug-likeness (QED) is 0.898. The molecule has 1 saturated heterocycles. The Hall–Kier alpha value is -2.19. The van der Waals surface area contributed by atoms with Crippen LogP contribution in [0.1, 0.15) is 28.7 Å². The maximum atomic E-state index is 13.1. The molecule has 23 heavy (non-hydrogen) atoms. The Balaban J connectivity index is 2.31. The highest BCUT2D eigenvalue weighted by molar-refractivity contribution is 5.96. The van der Waals surface area contributed by atoms with E-state index in [1.807, 2.05) is 0 Å². The average molecular weight is 330 g/mol. The van der Waals surface area contributed by atoms with Gasteiger partial charge in [0.1, 0.15) is 0 Å². The summed E-state index contributed by atoms with van der Waals surface area (Å²) >= 11 is 0. The predicted molar refractivity (Wildman–Crippen MR) is 74.3 cm³/mol. The Morgan fingerprint density at radius 1 is 1.35 bits per heavy atom. The lowest BCUT2D eigenvalue weighted by atomic mass is 9.95. The van der Waals surface area contributed by atoms with Gasteiger partial charge in [-0.2, -0.15) is 23.4 Å². The lowest BCUT2D eigenvalue weighted by Gasteiger charge is -2.19. The van der Waals surface area contributed by atoms with E-state index in [1.54, 1.807) is 13.8 Å². The molecule has 2 amide bonds. The van der Waals surface area contributed by atoms with Crippen LogP contribution in [0.15, 0.2) is 6.07 Å². The summed E-state index contributed by atoms with van der Waals surface area (Å²) in [5.41, 5.74) is 6.18. The van der Waals surface area contributed by atoms with Crippen molar-refractivity contribution in [2.75, 3.05) is 13.1 Å². The number of aromatic nitrogens is 2. The number of aryl methyl sites for hydroxylation is 2. The number of hydrogen-bond acceptors (Lipinski definition) is 4. The summed E-state index contributed by atoms with van der Waals surface area (Å²) in [7, 11) is 0. The number of alkyl halides is 3. The van der Waals surface area contributed by atoms with Gasteiger partial charge in [-0.3, -0.25) is 9.59 Å². The zero-order valence-electron chi connectivity index (χ0n) is 12.7. The fourth-order valence-corrected chi connectivity index (χ4v) is 2.72. The van der Waals surface area contributed by atoms with Gasteiger partial charge in [0.15, 0.2) is 0 Å². The first-order valence-electron chi connectivity index (χ1n) is 7.13. The summed E-state index contributed by atoms with van der Waals surface area (Å²) < 4.78 is 39.2. The van der Waals surface area contributed by atoms with E-state index in [0.717, 1.165) is 4.90 Å². The molecule has 0 unspecified atom stereocenters. The summed E-state index contributed by atoms with van der Waals surface area (Å²) in [5.74, 6) is -5.01. The molecular formula is C14H17F3N4O2. The van der Waals surface area contributed by atoms with Gasteiger partial charge in [-0.25, -0.2) is 0 Å². The van der Waals surface area contributed by atoms with Crippen molar-refractivity contribution in [1.82, 2.24) is 15.1 Å². The topological polar surface area (TPSA) is 89.2 Å². The number of carbonyl (C=O) groups excluding carboxylic acids is 2. The van der Waals surface area contributed by atoms with Crippen LogP contribution in [0.3, 0.4) is 0 Å². The van der Waals surface area contributed by atoms with Crippen LogP contribution in [0.5, 0.6) is 0 Å². The molecule has 2 atom stereocenters. The molecule has 6 nitrogen and oxygen atoms in total. The normalized spacial score (nSPS) is 21.5. The van der Waals surface area contributed by atoms with Crippen molar-refractivity contribution in [3.8, 4) is 0 Å². The van der Waals surface area contributed by atoms with E-state index in [0.29, 0.717) is 17.8 Å². The van der Waals surface area contributed by atoms with Crippen LogP contribution in [0.4, 0.5) is 13.2 Å². The molecule has 0 bridgehead atoms. The molecule has 1 fully saturated rings. The van der Waals surface area contributed by atoms with E-state index < -0.39 is 36.4 Å². The Morgan fingerprint density at radius 3 is 2.48 bits per heavy atom. The fourth-order valence-electron chi connectivity index (χ4n) is 2.72. The molecule has 0 saturated carbocycles. The Kier molecular flexibility index (Phi) is 4.58. The van der Waals surface area contributed by atoms with Gasteiger partial charge in [-0.15, -0.1) is 0 Å². The van der Waals surface area contributed by atoms with Gasteiger partial charge in [0.25, 0.3) is 5.91 Å². The van der Waals surface area contributed by atoms with Gasteiger partial charge in [0.05, 0.1) is 28.8 Å². The van der Waals surface area contributed by atoms with Crippen molar-refractivity contribution in [1.29, 1.82) is 0 Å². The zero-order valence-corrected chi connectivity index (χ0v) is 12.7. The van der Waals surface area contributed by atoms with E-state index in [4.69, 9.17) is 5.73 Å². The van der Waals surface area contributed by atoms with E-state index in [9.17, 15) is 22.8 Å². The molecule has 0 aromatic carbocycles. The van der Waals surface area contributed by atoms with Crippen molar-refractivity contribution in [2.45, 2.75) is 26.4 Å². The second-order valence-electron chi connectivity index (χ2n) is 5.57. The first-order chi connectivity index (χ1) is 10.6. The Morgan fingerprint density at radius 2 is 2.00 bits per heavy atom. The van der Waals surface area contributed by atoms with Crippen molar-refractivity contribution in [3.05, 3.63) is 23.0 Å². The van der Waals surface area contributed by atoms with Crippen LogP contribution in [-0.2, 0) is 11.2 Å². The Labute approximate surface area is 130 Å². The number of nitrogens with zero attached hydrogens (tertiary/aromatic N) is 3. The second-order valence-corrected chi connectivity index (χ2v) is 5.57. The summed E-state index contributed by atoms with van der Waals surface area (Å²) in [4.78, 5) is 24.9. The maximum Gasteiger partial charge on any atom is 0.394 e. The minimum atomic E-state index is -4.59. The van der Waals surface area contributed by atoms with Gasteiger partial charge in [0, 0.05) is 13.1 Å². The van der Waals surface area contributed by atoms with Gasteiger partial charge in [0.2, 0.25) is 5.91 Å². The summed E-state index contributed by atoms with van der Waals surface area (Å²) in [5, 5.41) is 7.74. The number of carbonyl (C=O) groups is 2. The van der Waals surface area contributed by atoms with Gasteiger partial charge >= 0.3 is 6.18 Å². The highest BCUT2D eigenvalue weighted by Crippen LogP contribution is 2.38. The van der Waals surface area contributed by atoms with Crippen LogP contribution < -0.4 is 5.73 Å². The summed E-state index contributed by atoms with van der Waals surface area (Å²) in [6, 6.07) is 1.49. The fraction of sp³-hybridized carbons (Fsp3) is 0.571. The number of likely N-dealkylation sites (tertiary alicyclic amines) is 1. The highest BCUT2D eigenvalue weighted by Gasteiger charge is 2.53. The second kappa shape index (κ2) is 6.13. The van der Waals surface area contributed by atoms with Crippen LogP contribution in [0, 0.1) is 18.8 Å². The molecule has 1 aliphatic rings. The number of halogens is 3. The number of rotatable bonds is 3. The molecule has 0 aliphatic carbocycles. The predicted octanol–water partition coefficient (Wildman–Crippen LogP) is 1.08. The van der Waals surface area contributed by atoms with Gasteiger partial charge < -0.3 is 10.6 Å². The van der Waals surface area contributed by atoms with Crippen LogP contribution >= 0.6 is 0 Å². The van der Waals surface area contributed by atoms with Crippen molar-refractivity contribution >= 4 is 11.8 Å². The van der Waals surface area contributed by atoms with Crippen molar-refractivity contribution in [3.63, 3.8) is 0 Å². The highest BCUT2D eigenvalue weighted by atomic mass is 19.4. The van der Waals surface area contributed by atoms with Crippen molar-refractivity contribution in [2.24, 2.45) is 17.6 Å². The van der Waals surface area contributed by atoms with E-state index in [-0.39, 0.29) is 12.1 Å². The summed E-state index contributed by atoms with van der Waals surface area (Å²) in [6.45, 7) is 2.48. The average Bonchev–Trinajstić information content (AvgIpc) is 2.92. The van der Waals surface area contributed by atoms with E-state index >= 15 is 0 Å². The molecule has 2 heterocycles. The molecule has 1 aromatic rings. The molecule has 1 aliphatic heterocycles. The smallest absolute Gasteiger partial charge is 0.369 e. The van der Waals surface area contributed by atoms with Crippen molar-refractivity contribution < 1.29 is 22.8 Å². The minimum Gasteiger partial charge on any atom is -0.369 e. The first kappa shape index (κ1) is 17.2. The SMILES string of the molecule is CCc1nnc(C)cc1C(=O)N1C[C@@H](C(F)(F)F)[C@H](C(N)=O)C1. The molecule has 1 aromatic heterocycles. The molecule has 2 N–H and O–H groups in total. The lowest BCUT2D eigenvalue weighted by Crippen LogP contribution is -2.37. The molecule has 0 radical (unpaired) electrons. The first-order valence-corrected chi connectivity index (χ1v) is 7.13. The third-order valence-corrected chi connectivity index (χ3v) is 3.95. The third kappa shape index (κ3) is 3.43. The van der Waals surface area contributed by atoms with Crippen LogP contribution in [0.2, 0.25) is 0 Å². The number of nitrogens with two attached hydrogens (primary N) is 1. The molecular weight excluding hydrogens is 313 g/mol. The minimum absolute atomic E-state index is 0.214. The number of primary amides is 1. The largest absolute Gasteiger partial charge is 0.394 e. The van der Waals surface area contributed by atoms with Crippen LogP contribution in [-0.4, -0.2) is 46.2 Å². The Bertz CT molecular complexity index is 633. The number of hydrogen-bond donors (Lipinski definition) is 1. The molecule has 0 spiro atoms. The van der Waals surface area contributed by atoms with E-state index in [1.165, 1.54) is 6.07 Å². The maximum absolute atomic E-state index is 13.1. The zero-order chi connectivity index (χ0) is 17.4. The number of amides is 2. The lowest BCUT2D eigenvalue weighted by molar-refractivity contribution is -0.182. The van der Waals surface area contributed by atoms with Gasteiger partial charge in [-0.1, -0.05) is 6.92 Å². The van der Waals surface area contributed by atoms with Crippen LogP contribution in [0.25, 0.3) is 0 Å². The third-order valence-electron chi connectivity index (χ3n) is 3.95.